The standard InChI is InChI=1S/C29H29F3N2O/c30-29(31,32)26-14-8-7-13-24(26)28(35)34-19-25(23-11-5-2-6-12-23)27(20-34)33-17-15-22(16-18-33)21-9-3-1-4-10-21/h1-14,22,25,27H,15-20H2/t25-,27+/m1/s1. The van der Waals surface area contributed by atoms with Crippen molar-refractivity contribution in [1.29, 1.82) is 0 Å². The van der Waals surface area contributed by atoms with Crippen molar-refractivity contribution in [2.45, 2.75) is 36.9 Å². The zero-order valence-electron chi connectivity index (χ0n) is 19.5. The normalized spacial score (nSPS) is 21.9. The van der Waals surface area contributed by atoms with Gasteiger partial charge in [0.15, 0.2) is 0 Å². The summed E-state index contributed by atoms with van der Waals surface area (Å²) in [7, 11) is 0. The van der Waals surface area contributed by atoms with Crippen molar-refractivity contribution in [3.05, 3.63) is 107 Å². The molecular weight excluding hydrogens is 449 g/mol. The van der Waals surface area contributed by atoms with Gasteiger partial charge in [0.1, 0.15) is 0 Å². The van der Waals surface area contributed by atoms with E-state index in [1.807, 2.05) is 24.3 Å². The van der Waals surface area contributed by atoms with Crippen LogP contribution in [0.2, 0.25) is 0 Å². The molecule has 0 bridgehead atoms. The van der Waals surface area contributed by atoms with E-state index in [1.165, 1.54) is 23.8 Å². The van der Waals surface area contributed by atoms with Gasteiger partial charge in [0.25, 0.3) is 5.91 Å². The Morgan fingerprint density at radius 2 is 1.31 bits per heavy atom. The third kappa shape index (κ3) is 4.98. The molecule has 3 nitrogen and oxygen atoms in total. The molecule has 3 aromatic carbocycles. The molecule has 0 aliphatic carbocycles. The van der Waals surface area contributed by atoms with E-state index >= 15 is 0 Å². The molecule has 0 N–H and O–H groups in total. The van der Waals surface area contributed by atoms with Gasteiger partial charge in [-0.15, -0.1) is 0 Å². The maximum Gasteiger partial charge on any atom is 0.417 e. The van der Waals surface area contributed by atoms with E-state index in [4.69, 9.17) is 0 Å². The molecule has 0 spiro atoms. The van der Waals surface area contributed by atoms with E-state index in [0.29, 0.717) is 19.0 Å². The van der Waals surface area contributed by atoms with Crippen molar-refractivity contribution in [1.82, 2.24) is 9.80 Å². The van der Waals surface area contributed by atoms with Crippen LogP contribution in [-0.4, -0.2) is 47.9 Å². The van der Waals surface area contributed by atoms with Crippen LogP contribution in [0.1, 0.15) is 51.7 Å². The molecule has 2 saturated heterocycles. The van der Waals surface area contributed by atoms with E-state index in [-0.39, 0.29) is 17.5 Å². The second kappa shape index (κ2) is 9.86. The van der Waals surface area contributed by atoms with Crippen LogP contribution in [0.15, 0.2) is 84.9 Å². The van der Waals surface area contributed by atoms with E-state index in [2.05, 4.69) is 41.3 Å². The number of carbonyl (C=O) groups excluding carboxylic acids is 1. The monoisotopic (exact) mass is 478 g/mol. The Hall–Kier alpha value is -3.12. The first-order valence-electron chi connectivity index (χ1n) is 12.2. The average Bonchev–Trinajstić information content (AvgIpc) is 3.34. The van der Waals surface area contributed by atoms with Crippen molar-refractivity contribution >= 4 is 5.91 Å². The smallest absolute Gasteiger partial charge is 0.336 e. The summed E-state index contributed by atoms with van der Waals surface area (Å²) in [6.07, 6.45) is -2.50. The maximum absolute atomic E-state index is 13.6. The number of hydrogen-bond donors (Lipinski definition) is 0. The highest BCUT2D eigenvalue weighted by atomic mass is 19.4. The summed E-state index contributed by atoms with van der Waals surface area (Å²) in [5.74, 6) is 0.0347. The highest BCUT2D eigenvalue weighted by molar-refractivity contribution is 5.96. The lowest BCUT2D eigenvalue weighted by atomic mass is 9.87. The molecule has 1 amide bonds. The molecular formula is C29H29F3N2O. The predicted molar refractivity (Wildman–Crippen MR) is 130 cm³/mol. The van der Waals surface area contributed by atoms with Gasteiger partial charge in [0, 0.05) is 25.0 Å². The van der Waals surface area contributed by atoms with Crippen molar-refractivity contribution in [3.8, 4) is 0 Å². The minimum atomic E-state index is -4.57. The predicted octanol–water partition coefficient (Wildman–Crippen LogP) is 6.19. The van der Waals surface area contributed by atoms with Crippen molar-refractivity contribution in [2.75, 3.05) is 26.2 Å². The minimum Gasteiger partial charge on any atom is -0.336 e. The minimum absolute atomic E-state index is 0.0616. The number of halogens is 3. The topological polar surface area (TPSA) is 23.6 Å². The summed E-state index contributed by atoms with van der Waals surface area (Å²) < 4.78 is 40.8. The number of piperidine rings is 1. The number of likely N-dealkylation sites (tertiary alicyclic amines) is 2. The lowest BCUT2D eigenvalue weighted by Gasteiger charge is -2.38. The Morgan fingerprint density at radius 1 is 0.743 bits per heavy atom. The Labute approximate surface area is 204 Å². The van der Waals surface area contributed by atoms with Gasteiger partial charge in [0.2, 0.25) is 0 Å². The fourth-order valence-corrected chi connectivity index (χ4v) is 5.73. The van der Waals surface area contributed by atoms with E-state index < -0.39 is 17.6 Å². The Morgan fingerprint density at radius 3 is 1.94 bits per heavy atom. The van der Waals surface area contributed by atoms with Crippen LogP contribution in [0.4, 0.5) is 13.2 Å². The summed E-state index contributed by atoms with van der Waals surface area (Å²) in [5.41, 5.74) is 1.35. The fraction of sp³-hybridized carbons (Fsp3) is 0.345. The van der Waals surface area contributed by atoms with Crippen LogP contribution >= 0.6 is 0 Å². The molecule has 2 atom stereocenters. The van der Waals surface area contributed by atoms with Crippen molar-refractivity contribution in [2.24, 2.45) is 0 Å². The zero-order chi connectivity index (χ0) is 24.4. The summed E-state index contributed by atoms with van der Waals surface area (Å²) in [6.45, 7) is 2.67. The summed E-state index contributed by atoms with van der Waals surface area (Å²) in [4.78, 5) is 17.4. The van der Waals surface area contributed by atoms with Crippen LogP contribution < -0.4 is 0 Å². The highest BCUT2D eigenvalue weighted by Crippen LogP contribution is 2.38. The molecule has 35 heavy (non-hydrogen) atoms. The number of alkyl halides is 3. The van der Waals surface area contributed by atoms with Gasteiger partial charge in [0.05, 0.1) is 11.1 Å². The third-order valence-electron chi connectivity index (χ3n) is 7.54. The van der Waals surface area contributed by atoms with Crippen LogP contribution in [0.5, 0.6) is 0 Å². The molecule has 0 aromatic heterocycles. The Bertz CT molecular complexity index is 1140. The number of benzene rings is 3. The third-order valence-corrected chi connectivity index (χ3v) is 7.54. The highest BCUT2D eigenvalue weighted by Gasteiger charge is 2.42. The molecule has 6 heteroatoms. The first kappa shape index (κ1) is 23.6. The van der Waals surface area contributed by atoms with E-state index in [9.17, 15) is 18.0 Å². The largest absolute Gasteiger partial charge is 0.417 e. The second-order valence-corrected chi connectivity index (χ2v) is 9.56. The van der Waals surface area contributed by atoms with Crippen LogP contribution in [0, 0.1) is 0 Å². The molecule has 2 heterocycles. The summed E-state index contributed by atoms with van der Waals surface area (Å²) in [6, 6.07) is 25.8. The molecule has 0 radical (unpaired) electrons. The Kier molecular flexibility index (Phi) is 6.65. The second-order valence-electron chi connectivity index (χ2n) is 9.56. The van der Waals surface area contributed by atoms with Crippen molar-refractivity contribution in [3.63, 3.8) is 0 Å². The van der Waals surface area contributed by atoms with Gasteiger partial charge in [-0.25, -0.2) is 0 Å². The fourth-order valence-electron chi connectivity index (χ4n) is 5.73. The molecule has 2 aliphatic rings. The molecule has 0 saturated carbocycles. The number of amides is 1. The average molecular weight is 479 g/mol. The van der Waals surface area contributed by atoms with Crippen LogP contribution in [-0.2, 0) is 6.18 Å². The molecule has 2 aliphatic heterocycles. The van der Waals surface area contributed by atoms with Gasteiger partial charge in [-0.2, -0.15) is 13.2 Å². The molecule has 0 unspecified atom stereocenters. The number of nitrogens with zero attached hydrogens (tertiary/aromatic N) is 2. The zero-order valence-corrected chi connectivity index (χ0v) is 19.5. The Balaban J connectivity index is 1.37. The quantitative estimate of drug-likeness (QED) is 0.446. The first-order chi connectivity index (χ1) is 16.9. The first-order valence-corrected chi connectivity index (χ1v) is 12.2. The number of hydrogen-bond acceptors (Lipinski definition) is 2. The molecule has 2 fully saturated rings. The van der Waals surface area contributed by atoms with E-state index in [1.54, 1.807) is 4.90 Å². The van der Waals surface area contributed by atoms with Crippen LogP contribution in [0.3, 0.4) is 0 Å². The molecule has 3 aromatic rings. The summed E-state index contributed by atoms with van der Waals surface area (Å²) >= 11 is 0. The number of rotatable bonds is 4. The molecule has 182 valence electrons. The van der Waals surface area contributed by atoms with Crippen molar-refractivity contribution < 1.29 is 18.0 Å². The summed E-state index contributed by atoms with van der Waals surface area (Å²) in [5, 5.41) is 0. The van der Waals surface area contributed by atoms with E-state index in [0.717, 1.165) is 37.6 Å². The lowest BCUT2D eigenvalue weighted by molar-refractivity contribution is -0.138. The maximum atomic E-state index is 13.6. The lowest BCUT2D eigenvalue weighted by Crippen LogP contribution is -2.45. The van der Waals surface area contributed by atoms with Gasteiger partial charge >= 0.3 is 6.18 Å². The van der Waals surface area contributed by atoms with Crippen LogP contribution in [0.25, 0.3) is 0 Å². The van der Waals surface area contributed by atoms with Gasteiger partial charge in [-0.1, -0.05) is 72.8 Å². The SMILES string of the molecule is O=C(c1ccccc1C(F)(F)F)N1C[C@H](c2ccccc2)[C@@H](N2CCC(c3ccccc3)CC2)C1. The molecule has 5 rings (SSSR count). The van der Waals surface area contributed by atoms with Gasteiger partial charge in [-0.05, 0) is 55.1 Å². The van der Waals surface area contributed by atoms with Gasteiger partial charge < -0.3 is 4.90 Å². The van der Waals surface area contributed by atoms with Gasteiger partial charge in [-0.3, -0.25) is 9.69 Å². The number of carbonyl (C=O) groups is 1.